The number of hydrogen-bond donors (Lipinski definition) is 2. The maximum Gasteiger partial charge on any atom is 0.270 e. The molecule has 1 amide bonds. The Bertz CT molecular complexity index is 470. The highest BCUT2D eigenvalue weighted by Crippen LogP contribution is 2.10. The van der Waals surface area contributed by atoms with Gasteiger partial charge in [0.2, 0.25) is 0 Å². The first-order valence-electron chi connectivity index (χ1n) is 8.03. The molecule has 22 heavy (non-hydrogen) atoms. The van der Waals surface area contributed by atoms with Crippen LogP contribution < -0.4 is 11.1 Å². The van der Waals surface area contributed by atoms with Gasteiger partial charge in [0.25, 0.3) is 5.91 Å². The van der Waals surface area contributed by atoms with Crippen molar-refractivity contribution in [2.75, 3.05) is 45.8 Å². The van der Waals surface area contributed by atoms with Crippen molar-refractivity contribution in [2.24, 2.45) is 5.73 Å². The number of likely N-dealkylation sites (N-methyl/N-ethyl adjacent to an activating group) is 1. The van der Waals surface area contributed by atoms with Crippen LogP contribution in [0.5, 0.6) is 0 Å². The molecule has 1 aromatic heterocycles. The lowest BCUT2D eigenvalue weighted by Gasteiger charge is -2.37. The summed E-state index contributed by atoms with van der Waals surface area (Å²) in [7, 11) is 0. The van der Waals surface area contributed by atoms with Gasteiger partial charge in [-0.2, -0.15) is 0 Å². The van der Waals surface area contributed by atoms with Gasteiger partial charge in [0, 0.05) is 50.6 Å². The molecule has 3 N–H and O–H groups in total. The molecule has 0 radical (unpaired) electrons. The molecule has 0 aromatic carbocycles. The topological polar surface area (TPSA) is 74.5 Å². The number of amides is 1. The van der Waals surface area contributed by atoms with E-state index < -0.39 is 0 Å². The fourth-order valence-electron chi connectivity index (χ4n) is 2.63. The Morgan fingerprint density at radius 2 is 2.18 bits per heavy atom. The van der Waals surface area contributed by atoms with E-state index in [4.69, 9.17) is 5.73 Å². The minimum Gasteiger partial charge on any atom is -0.349 e. The van der Waals surface area contributed by atoms with E-state index in [2.05, 4.69) is 33.9 Å². The molecule has 1 saturated heterocycles. The lowest BCUT2D eigenvalue weighted by molar-refractivity contribution is 0.0879. The average molecular weight is 325 g/mol. The fraction of sp³-hybridized carbons (Fsp3) is 0.733. The Morgan fingerprint density at radius 1 is 1.45 bits per heavy atom. The summed E-state index contributed by atoms with van der Waals surface area (Å²) >= 11 is 1.50. The van der Waals surface area contributed by atoms with E-state index in [0.717, 1.165) is 44.2 Å². The minimum atomic E-state index is -0.0847. The quantitative estimate of drug-likeness (QED) is 0.759. The lowest BCUT2D eigenvalue weighted by Crippen LogP contribution is -2.52. The fourth-order valence-corrected chi connectivity index (χ4v) is 3.43. The summed E-state index contributed by atoms with van der Waals surface area (Å²) in [5.74, 6) is -0.0847. The summed E-state index contributed by atoms with van der Waals surface area (Å²) in [5, 5.41) is 5.73. The monoisotopic (exact) mass is 325 g/mol. The molecule has 7 heteroatoms. The Morgan fingerprint density at radius 3 is 2.82 bits per heavy atom. The SMILES string of the molecule is CCN1CCN(C(C)CNC(=O)c2csc(CCN)n2)CC1. The second kappa shape index (κ2) is 8.57. The number of nitrogens with two attached hydrogens (primary N) is 1. The zero-order valence-corrected chi connectivity index (χ0v) is 14.4. The number of rotatable bonds is 7. The number of aromatic nitrogens is 1. The van der Waals surface area contributed by atoms with Gasteiger partial charge in [-0.1, -0.05) is 6.92 Å². The molecule has 0 saturated carbocycles. The van der Waals surface area contributed by atoms with Crippen LogP contribution in [0.4, 0.5) is 0 Å². The zero-order chi connectivity index (χ0) is 15.9. The molecule has 1 aliphatic heterocycles. The van der Waals surface area contributed by atoms with E-state index in [9.17, 15) is 4.79 Å². The first kappa shape index (κ1) is 17.3. The van der Waals surface area contributed by atoms with Crippen LogP contribution in [0.25, 0.3) is 0 Å². The van der Waals surface area contributed by atoms with Gasteiger partial charge < -0.3 is 16.0 Å². The summed E-state index contributed by atoms with van der Waals surface area (Å²) in [4.78, 5) is 21.3. The minimum absolute atomic E-state index is 0.0847. The Kier molecular flexibility index (Phi) is 6.75. The van der Waals surface area contributed by atoms with E-state index in [-0.39, 0.29) is 5.91 Å². The van der Waals surface area contributed by atoms with Crippen molar-refractivity contribution in [2.45, 2.75) is 26.3 Å². The Hall–Kier alpha value is -1.02. The van der Waals surface area contributed by atoms with Gasteiger partial charge >= 0.3 is 0 Å². The average Bonchev–Trinajstić information content (AvgIpc) is 3.01. The van der Waals surface area contributed by atoms with E-state index in [1.165, 1.54) is 11.3 Å². The van der Waals surface area contributed by atoms with Crippen molar-refractivity contribution >= 4 is 17.2 Å². The van der Waals surface area contributed by atoms with Crippen LogP contribution in [0.15, 0.2) is 5.38 Å². The normalized spacial score (nSPS) is 18.3. The molecule has 0 aliphatic carbocycles. The third-order valence-electron chi connectivity index (χ3n) is 4.18. The van der Waals surface area contributed by atoms with Crippen LogP contribution in [0.3, 0.4) is 0 Å². The Labute approximate surface area is 136 Å². The first-order valence-corrected chi connectivity index (χ1v) is 8.91. The predicted octanol–water partition coefficient (Wildman–Crippen LogP) is 0.400. The van der Waals surface area contributed by atoms with Crippen LogP contribution >= 0.6 is 11.3 Å². The molecular weight excluding hydrogens is 298 g/mol. The van der Waals surface area contributed by atoms with Gasteiger partial charge in [0.15, 0.2) is 0 Å². The van der Waals surface area contributed by atoms with Crippen LogP contribution in [0.1, 0.15) is 29.3 Å². The third-order valence-corrected chi connectivity index (χ3v) is 5.09. The van der Waals surface area contributed by atoms with Crippen molar-refractivity contribution in [1.29, 1.82) is 0 Å². The summed E-state index contributed by atoms with van der Waals surface area (Å²) in [6, 6.07) is 0.352. The summed E-state index contributed by atoms with van der Waals surface area (Å²) < 4.78 is 0. The second-order valence-electron chi connectivity index (χ2n) is 5.69. The Balaban J connectivity index is 1.75. The number of nitrogens with zero attached hydrogens (tertiary/aromatic N) is 3. The molecule has 0 bridgehead atoms. The van der Waals surface area contributed by atoms with Crippen LogP contribution in [-0.4, -0.2) is 72.5 Å². The molecule has 1 fully saturated rings. The van der Waals surface area contributed by atoms with Gasteiger partial charge in [-0.3, -0.25) is 9.69 Å². The molecule has 124 valence electrons. The van der Waals surface area contributed by atoms with Gasteiger partial charge in [0.1, 0.15) is 5.69 Å². The highest BCUT2D eigenvalue weighted by Gasteiger charge is 2.21. The van der Waals surface area contributed by atoms with Crippen LogP contribution in [0, 0.1) is 0 Å². The van der Waals surface area contributed by atoms with Gasteiger partial charge in [-0.25, -0.2) is 4.98 Å². The van der Waals surface area contributed by atoms with Gasteiger partial charge in [-0.05, 0) is 20.0 Å². The number of hydrogen-bond acceptors (Lipinski definition) is 6. The van der Waals surface area contributed by atoms with Gasteiger partial charge in [0.05, 0.1) is 5.01 Å². The van der Waals surface area contributed by atoms with Crippen molar-refractivity contribution < 1.29 is 4.79 Å². The molecule has 2 rings (SSSR count). The summed E-state index contributed by atoms with van der Waals surface area (Å²) in [5.41, 5.74) is 6.01. The first-order chi connectivity index (χ1) is 10.6. The molecule has 1 atom stereocenters. The standard InChI is InChI=1S/C15H27N5OS/c1-3-19-6-8-20(9-7-19)12(2)10-17-15(21)13-11-22-14(18-13)4-5-16/h11-12H,3-10,16H2,1-2H3,(H,17,21). The number of nitrogens with one attached hydrogen (secondary N) is 1. The van der Waals surface area contributed by atoms with Gasteiger partial charge in [-0.15, -0.1) is 11.3 Å². The maximum absolute atomic E-state index is 12.1. The number of thiazole rings is 1. The number of carbonyl (C=O) groups excluding carboxylic acids is 1. The van der Waals surface area contributed by atoms with E-state index in [0.29, 0.717) is 24.8 Å². The zero-order valence-electron chi connectivity index (χ0n) is 13.5. The van der Waals surface area contributed by atoms with Crippen molar-refractivity contribution in [3.05, 3.63) is 16.1 Å². The van der Waals surface area contributed by atoms with E-state index in [1.807, 2.05) is 5.38 Å². The molecule has 6 nitrogen and oxygen atoms in total. The summed E-state index contributed by atoms with van der Waals surface area (Å²) in [6.45, 7) is 11.1. The smallest absolute Gasteiger partial charge is 0.270 e. The highest BCUT2D eigenvalue weighted by atomic mass is 32.1. The van der Waals surface area contributed by atoms with Crippen LogP contribution in [0.2, 0.25) is 0 Å². The third kappa shape index (κ3) is 4.74. The van der Waals surface area contributed by atoms with Crippen molar-refractivity contribution in [3.63, 3.8) is 0 Å². The number of carbonyl (C=O) groups is 1. The molecule has 1 aliphatic rings. The van der Waals surface area contributed by atoms with Crippen molar-refractivity contribution in [3.8, 4) is 0 Å². The summed E-state index contributed by atoms with van der Waals surface area (Å²) in [6.07, 6.45) is 0.732. The van der Waals surface area contributed by atoms with Crippen LogP contribution in [-0.2, 0) is 6.42 Å². The highest BCUT2D eigenvalue weighted by molar-refractivity contribution is 7.09. The second-order valence-corrected chi connectivity index (χ2v) is 6.64. The van der Waals surface area contributed by atoms with Crippen molar-refractivity contribution in [1.82, 2.24) is 20.1 Å². The number of piperazine rings is 1. The van der Waals surface area contributed by atoms with E-state index >= 15 is 0 Å². The largest absolute Gasteiger partial charge is 0.349 e. The predicted molar refractivity (Wildman–Crippen MR) is 90.4 cm³/mol. The lowest BCUT2D eigenvalue weighted by atomic mass is 10.2. The van der Waals surface area contributed by atoms with E-state index in [1.54, 1.807) is 0 Å². The molecule has 1 unspecified atom stereocenters. The molecular formula is C15H27N5OS. The molecule has 0 spiro atoms. The molecule has 2 heterocycles. The maximum atomic E-state index is 12.1. The molecule has 1 aromatic rings.